The summed E-state index contributed by atoms with van der Waals surface area (Å²) < 4.78 is 9.69. The molecule has 0 spiro atoms. The van der Waals surface area contributed by atoms with Gasteiger partial charge in [0.25, 0.3) is 0 Å². The van der Waals surface area contributed by atoms with Crippen molar-refractivity contribution in [1.29, 1.82) is 0 Å². The molecule has 0 aliphatic rings. The van der Waals surface area contributed by atoms with Crippen LogP contribution in [0, 0.1) is 0 Å². The molecule has 0 saturated carbocycles. The lowest BCUT2D eigenvalue weighted by atomic mass is 10.6. The van der Waals surface area contributed by atoms with Crippen molar-refractivity contribution in [1.82, 2.24) is 5.32 Å². The summed E-state index contributed by atoms with van der Waals surface area (Å²) in [6.07, 6.45) is 1.77. The van der Waals surface area contributed by atoms with Crippen molar-refractivity contribution in [2.45, 2.75) is 6.92 Å². The number of rotatable bonds is 8. The average Bonchev–Trinajstić information content (AvgIpc) is 2.11. The van der Waals surface area contributed by atoms with Gasteiger partial charge in [-0.1, -0.05) is 6.08 Å². The third-order valence-electron chi connectivity index (χ3n) is 1.24. The van der Waals surface area contributed by atoms with Crippen molar-refractivity contribution < 1.29 is 14.3 Å². The summed E-state index contributed by atoms with van der Waals surface area (Å²) in [5, 5.41) is 3.05. The van der Waals surface area contributed by atoms with Gasteiger partial charge in [-0.25, -0.2) is 4.79 Å². The molecule has 0 unspecified atom stereocenters. The first-order chi connectivity index (χ1) is 6.31. The maximum Gasteiger partial charge on any atom is 0.332 e. The Balaban J connectivity index is 3.06. The average molecular weight is 187 g/mol. The minimum Gasteiger partial charge on any atom is -0.464 e. The van der Waals surface area contributed by atoms with Crippen molar-refractivity contribution in [2.75, 3.05) is 32.9 Å². The number of carbonyl (C=O) groups excluding carboxylic acids is 1. The SMILES string of the molecule is C=CCNCCOCC(=O)OCC. The fourth-order valence-corrected chi connectivity index (χ4v) is 0.707. The monoisotopic (exact) mass is 187 g/mol. The highest BCUT2D eigenvalue weighted by Gasteiger charge is 1.99. The second kappa shape index (κ2) is 9.22. The van der Waals surface area contributed by atoms with E-state index in [9.17, 15) is 4.79 Å². The summed E-state index contributed by atoms with van der Waals surface area (Å²) >= 11 is 0. The second-order valence-electron chi connectivity index (χ2n) is 2.35. The Morgan fingerprint density at radius 3 is 3.00 bits per heavy atom. The molecule has 0 aliphatic heterocycles. The highest BCUT2D eigenvalue weighted by atomic mass is 16.6. The third kappa shape index (κ3) is 9.04. The van der Waals surface area contributed by atoms with Gasteiger partial charge < -0.3 is 14.8 Å². The first kappa shape index (κ1) is 12.1. The van der Waals surface area contributed by atoms with Gasteiger partial charge in [0.1, 0.15) is 6.61 Å². The van der Waals surface area contributed by atoms with E-state index in [4.69, 9.17) is 4.74 Å². The minimum atomic E-state index is -0.314. The molecular formula is C9H17NO3. The number of hydrogen-bond donors (Lipinski definition) is 1. The Hall–Kier alpha value is -0.870. The number of nitrogens with one attached hydrogen (secondary N) is 1. The summed E-state index contributed by atoms with van der Waals surface area (Å²) in [6, 6.07) is 0. The van der Waals surface area contributed by atoms with Crippen LogP contribution in [-0.2, 0) is 14.3 Å². The molecule has 0 bridgehead atoms. The minimum absolute atomic E-state index is 0.0314. The molecular weight excluding hydrogens is 170 g/mol. The van der Waals surface area contributed by atoms with Crippen molar-refractivity contribution >= 4 is 5.97 Å². The van der Waals surface area contributed by atoms with E-state index in [0.717, 1.165) is 6.54 Å². The molecule has 0 aliphatic carbocycles. The fraction of sp³-hybridized carbons (Fsp3) is 0.667. The van der Waals surface area contributed by atoms with Gasteiger partial charge in [-0.2, -0.15) is 0 Å². The van der Waals surface area contributed by atoms with E-state index in [-0.39, 0.29) is 12.6 Å². The van der Waals surface area contributed by atoms with Crippen LogP contribution in [0.15, 0.2) is 12.7 Å². The highest BCUT2D eigenvalue weighted by Crippen LogP contribution is 1.80. The van der Waals surface area contributed by atoms with E-state index in [1.165, 1.54) is 0 Å². The quantitative estimate of drug-likeness (QED) is 0.338. The standard InChI is InChI=1S/C9H17NO3/c1-3-5-10-6-7-12-8-9(11)13-4-2/h3,10H,1,4-8H2,2H3. The van der Waals surface area contributed by atoms with Crippen molar-refractivity contribution in [3.63, 3.8) is 0 Å². The molecule has 0 radical (unpaired) electrons. The Bertz CT molecular complexity index is 148. The van der Waals surface area contributed by atoms with Crippen molar-refractivity contribution in [2.24, 2.45) is 0 Å². The molecule has 0 amide bonds. The lowest BCUT2D eigenvalue weighted by Gasteiger charge is -2.03. The molecule has 1 N–H and O–H groups in total. The smallest absolute Gasteiger partial charge is 0.332 e. The van der Waals surface area contributed by atoms with E-state index in [2.05, 4.69) is 16.6 Å². The van der Waals surface area contributed by atoms with Crippen LogP contribution in [0.3, 0.4) is 0 Å². The van der Waals surface area contributed by atoms with Gasteiger partial charge >= 0.3 is 5.97 Å². The molecule has 0 saturated heterocycles. The fourth-order valence-electron chi connectivity index (χ4n) is 0.707. The zero-order valence-corrected chi connectivity index (χ0v) is 8.04. The first-order valence-corrected chi connectivity index (χ1v) is 4.36. The number of esters is 1. The van der Waals surface area contributed by atoms with Crippen molar-refractivity contribution in [3.05, 3.63) is 12.7 Å². The van der Waals surface area contributed by atoms with E-state index >= 15 is 0 Å². The van der Waals surface area contributed by atoms with Gasteiger partial charge in [0.15, 0.2) is 0 Å². The van der Waals surface area contributed by atoms with Crippen molar-refractivity contribution in [3.8, 4) is 0 Å². The zero-order chi connectivity index (χ0) is 9.94. The second-order valence-corrected chi connectivity index (χ2v) is 2.35. The third-order valence-corrected chi connectivity index (χ3v) is 1.24. The van der Waals surface area contributed by atoms with Crippen LogP contribution in [-0.4, -0.2) is 38.9 Å². The van der Waals surface area contributed by atoms with Crippen LogP contribution < -0.4 is 5.32 Å². The molecule has 0 heterocycles. The van der Waals surface area contributed by atoms with Gasteiger partial charge in [0, 0.05) is 13.1 Å². The predicted molar refractivity (Wildman–Crippen MR) is 50.5 cm³/mol. The largest absolute Gasteiger partial charge is 0.464 e. The Labute approximate surface area is 78.9 Å². The summed E-state index contributed by atoms with van der Waals surface area (Å²) in [5.41, 5.74) is 0. The van der Waals surface area contributed by atoms with Gasteiger partial charge in [-0.3, -0.25) is 0 Å². The molecule has 0 aromatic rings. The maximum atomic E-state index is 10.7. The highest BCUT2D eigenvalue weighted by molar-refractivity contribution is 5.70. The first-order valence-electron chi connectivity index (χ1n) is 4.36. The topological polar surface area (TPSA) is 47.6 Å². The Kier molecular flexibility index (Phi) is 8.60. The molecule has 4 heteroatoms. The molecule has 4 nitrogen and oxygen atoms in total. The normalized spacial score (nSPS) is 9.62. The van der Waals surface area contributed by atoms with Gasteiger partial charge in [0.05, 0.1) is 13.2 Å². The van der Waals surface area contributed by atoms with Crippen LogP contribution in [0.5, 0.6) is 0 Å². The predicted octanol–water partition coefficient (Wildman–Crippen LogP) is 0.342. The molecule has 0 rings (SSSR count). The van der Waals surface area contributed by atoms with Gasteiger partial charge in [0.2, 0.25) is 0 Å². The lowest BCUT2D eigenvalue weighted by Crippen LogP contribution is -2.22. The summed E-state index contributed by atoms with van der Waals surface area (Å²) in [7, 11) is 0. The van der Waals surface area contributed by atoms with E-state index in [1.54, 1.807) is 13.0 Å². The van der Waals surface area contributed by atoms with Gasteiger partial charge in [-0.15, -0.1) is 6.58 Å². The molecule has 0 fully saturated rings. The number of carbonyl (C=O) groups is 1. The number of ether oxygens (including phenoxy) is 2. The van der Waals surface area contributed by atoms with Crippen LogP contribution in [0.25, 0.3) is 0 Å². The van der Waals surface area contributed by atoms with E-state index in [1.807, 2.05) is 0 Å². The molecule has 0 atom stereocenters. The van der Waals surface area contributed by atoms with Crippen LogP contribution in [0.1, 0.15) is 6.92 Å². The Morgan fingerprint density at radius 2 is 2.38 bits per heavy atom. The molecule has 0 aromatic carbocycles. The van der Waals surface area contributed by atoms with E-state index in [0.29, 0.717) is 19.8 Å². The van der Waals surface area contributed by atoms with Gasteiger partial charge in [-0.05, 0) is 6.92 Å². The summed E-state index contributed by atoms with van der Waals surface area (Å²) in [5.74, 6) is -0.314. The number of hydrogen-bond acceptors (Lipinski definition) is 4. The molecule has 0 aromatic heterocycles. The Morgan fingerprint density at radius 1 is 1.62 bits per heavy atom. The summed E-state index contributed by atoms with van der Waals surface area (Å²) in [6.45, 7) is 7.73. The molecule has 13 heavy (non-hydrogen) atoms. The zero-order valence-electron chi connectivity index (χ0n) is 8.04. The van der Waals surface area contributed by atoms with Crippen LogP contribution in [0.4, 0.5) is 0 Å². The van der Waals surface area contributed by atoms with Crippen LogP contribution >= 0.6 is 0 Å². The molecule has 76 valence electrons. The lowest BCUT2D eigenvalue weighted by molar-refractivity contribution is -0.148. The summed E-state index contributed by atoms with van der Waals surface area (Å²) in [4.78, 5) is 10.7. The van der Waals surface area contributed by atoms with E-state index < -0.39 is 0 Å². The maximum absolute atomic E-state index is 10.7. The van der Waals surface area contributed by atoms with Crippen LogP contribution in [0.2, 0.25) is 0 Å².